The first kappa shape index (κ1) is 15.6. The molecular formula is C20H22NO2. The van der Waals surface area contributed by atoms with Crippen molar-refractivity contribution < 1.29 is 9.53 Å². The smallest absolute Gasteiger partial charge is 0.166 e. The summed E-state index contributed by atoms with van der Waals surface area (Å²) in [5.74, 6) is 1.13. The molecule has 119 valence electrons. The number of ether oxygens (including phenoxy) is 1. The molecule has 23 heavy (non-hydrogen) atoms. The SMILES string of the molecule is [CH2]c1ccccc1N1CCC(C(=O)c2ccc(OC)cc2)CC1. The standard InChI is InChI=1S/C20H22NO2/c1-15-5-3-4-6-19(15)21-13-11-17(12-14-21)20(22)16-7-9-18(23-2)10-8-16/h3-10,17H,1,11-14H2,2H3. The molecule has 0 bridgehead atoms. The number of rotatable bonds is 4. The Hall–Kier alpha value is -2.29. The number of piperidine rings is 1. The Labute approximate surface area is 137 Å². The molecule has 0 saturated carbocycles. The molecule has 3 nitrogen and oxygen atoms in total. The van der Waals surface area contributed by atoms with Crippen molar-refractivity contribution in [2.45, 2.75) is 12.8 Å². The minimum absolute atomic E-state index is 0.108. The van der Waals surface area contributed by atoms with E-state index in [1.54, 1.807) is 7.11 Å². The Morgan fingerprint density at radius 1 is 1.09 bits per heavy atom. The second-order valence-electron chi connectivity index (χ2n) is 5.98. The number of ketones is 1. The number of nitrogens with zero attached hydrogens (tertiary/aromatic N) is 1. The lowest BCUT2D eigenvalue weighted by Gasteiger charge is -2.34. The molecule has 1 aliphatic heterocycles. The Kier molecular flexibility index (Phi) is 4.65. The number of para-hydroxylation sites is 1. The highest BCUT2D eigenvalue weighted by Crippen LogP contribution is 2.28. The topological polar surface area (TPSA) is 29.5 Å². The molecule has 2 aromatic rings. The summed E-state index contributed by atoms with van der Waals surface area (Å²) < 4.78 is 5.14. The van der Waals surface area contributed by atoms with Crippen LogP contribution in [0.4, 0.5) is 5.69 Å². The summed E-state index contributed by atoms with van der Waals surface area (Å²) in [6.07, 6.45) is 1.78. The van der Waals surface area contributed by atoms with Gasteiger partial charge in [-0.3, -0.25) is 4.79 Å². The highest BCUT2D eigenvalue weighted by molar-refractivity contribution is 5.98. The van der Waals surface area contributed by atoms with Gasteiger partial charge >= 0.3 is 0 Å². The molecule has 1 heterocycles. The van der Waals surface area contributed by atoms with Crippen LogP contribution in [0.3, 0.4) is 0 Å². The van der Waals surface area contributed by atoms with Crippen molar-refractivity contribution in [3.05, 3.63) is 66.6 Å². The van der Waals surface area contributed by atoms with Crippen LogP contribution in [0.2, 0.25) is 0 Å². The Balaban J connectivity index is 1.64. The highest BCUT2D eigenvalue weighted by atomic mass is 16.5. The largest absolute Gasteiger partial charge is 0.497 e. The summed E-state index contributed by atoms with van der Waals surface area (Å²) in [6.45, 7) is 5.90. The van der Waals surface area contributed by atoms with E-state index in [4.69, 9.17) is 4.74 Å². The first-order chi connectivity index (χ1) is 11.2. The van der Waals surface area contributed by atoms with E-state index in [9.17, 15) is 4.79 Å². The average molecular weight is 308 g/mol. The van der Waals surface area contributed by atoms with Crippen LogP contribution in [-0.2, 0) is 0 Å². The van der Waals surface area contributed by atoms with E-state index in [2.05, 4.69) is 17.9 Å². The normalized spacial score (nSPS) is 15.5. The third-order valence-electron chi connectivity index (χ3n) is 4.57. The van der Waals surface area contributed by atoms with Gasteiger partial charge in [-0.25, -0.2) is 0 Å². The molecule has 0 amide bonds. The van der Waals surface area contributed by atoms with E-state index in [1.165, 1.54) is 5.69 Å². The molecule has 2 aromatic carbocycles. The monoisotopic (exact) mass is 308 g/mol. The summed E-state index contributed by atoms with van der Waals surface area (Å²) in [7, 11) is 1.63. The summed E-state index contributed by atoms with van der Waals surface area (Å²) in [5, 5.41) is 0. The van der Waals surface area contributed by atoms with Crippen LogP contribution in [0.15, 0.2) is 48.5 Å². The molecule has 1 aliphatic rings. The number of benzene rings is 2. The van der Waals surface area contributed by atoms with Crippen LogP contribution < -0.4 is 9.64 Å². The molecular weight excluding hydrogens is 286 g/mol. The maximum absolute atomic E-state index is 12.6. The van der Waals surface area contributed by atoms with Gasteiger partial charge in [-0.15, -0.1) is 0 Å². The Morgan fingerprint density at radius 2 is 1.74 bits per heavy atom. The lowest BCUT2D eigenvalue weighted by molar-refractivity contribution is 0.0900. The lowest BCUT2D eigenvalue weighted by atomic mass is 9.88. The number of hydrogen-bond donors (Lipinski definition) is 0. The van der Waals surface area contributed by atoms with Crippen LogP contribution in [-0.4, -0.2) is 26.0 Å². The van der Waals surface area contributed by atoms with E-state index < -0.39 is 0 Å². The van der Waals surface area contributed by atoms with Gasteiger partial charge in [0.05, 0.1) is 7.11 Å². The van der Waals surface area contributed by atoms with Gasteiger partial charge in [0.1, 0.15) is 5.75 Å². The van der Waals surface area contributed by atoms with Gasteiger partial charge in [-0.05, 0) is 55.7 Å². The van der Waals surface area contributed by atoms with E-state index in [0.29, 0.717) is 0 Å². The number of Topliss-reactive ketones (excluding diaryl/α,β-unsaturated/α-hetero) is 1. The molecule has 1 radical (unpaired) electrons. The van der Waals surface area contributed by atoms with E-state index in [1.807, 2.05) is 42.5 Å². The molecule has 0 aromatic heterocycles. The number of hydrogen-bond acceptors (Lipinski definition) is 3. The van der Waals surface area contributed by atoms with Crippen LogP contribution in [0, 0.1) is 12.8 Å². The quantitative estimate of drug-likeness (QED) is 0.800. The van der Waals surface area contributed by atoms with E-state index in [0.717, 1.165) is 42.8 Å². The first-order valence-electron chi connectivity index (χ1n) is 8.03. The van der Waals surface area contributed by atoms with Crippen molar-refractivity contribution in [1.29, 1.82) is 0 Å². The Bertz CT molecular complexity index is 670. The van der Waals surface area contributed by atoms with Crippen molar-refractivity contribution in [3.8, 4) is 5.75 Å². The second kappa shape index (κ2) is 6.86. The zero-order valence-electron chi connectivity index (χ0n) is 13.5. The van der Waals surface area contributed by atoms with Crippen LogP contribution in [0.1, 0.15) is 28.8 Å². The third-order valence-corrected chi connectivity index (χ3v) is 4.57. The van der Waals surface area contributed by atoms with Gasteiger partial charge < -0.3 is 9.64 Å². The van der Waals surface area contributed by atoms with Gasteiger partial charge in [-0.1, -0.05) is 18.2 Å². The number of carbonyl (C=O) groups is 1. The summed E-state index contributed by atoms with van der Waals surface area (Å²) >= 11 is 0. The van der Waals surface area contributed by atoms with Crippen molar-refractivity contribution in [1.82, 2.24) is 0 Å². The van der Waals surface area contributed by atoms with Gasteiger partial charge in [0, 0.05) is 30.3 Å². The van der Waals surface area contributed by atoms with Gasteiger partial charge in [-0.2, -0.15) is 0 Å². The molecule has 1 saturated heterocycles. The maximum atomic E-state index is 12.6. The minimum atomic E-state index is 0.108. The summed E-state index contributed by atoms with van der Waals surface area (Å²) in [4.78, 5) is 15.0. The molecule has 0 atom stereocenters. The van der Waals surface area contributed by atoms with Crippen LogP contribution >= 0.6 is 0 Å². The van der Waals surface area contributed by atoms with Crippen LogP contribution in [0.5, 0.6) is 5.75 Å². The molecule has 3 heteroatoms. The third kappa shape index (κ3) is 3.39. The molecule has 3 rings (SSSR count). The number of anilines is 1. The van der Waals surface area contributed by atoms with Gasteiger partial charge in [0.25, 0.3) is 0 Å². The van der Waals surface area contributed by atoms with E-state index in [-0.39, 0.29) is 11.7 Å². The fourth-order valence-electron chi connectivity index (χ4n) is 3.19. The summed E-state index contributed by atoms with van der Waals surface area (Å²) in [6, 6.07) is 15.6. The molecule has 0 N–H and O–H groups in total. The van der Waals surface area contributed by atoms with Crippen molar-refractivity contribution in [2.75, 3.05) is 25.1 Å². The molecule has 0 aliphatic carbocycles. The van der Waals surface area contributed by atoms with Crippen molar-refractivity contribution in [2.24, 2.45) is 5.92 Å². The predicted molar refractivity (Wildman–Crippen MR) is 93.2 cm³/mol. The average Bonchev–Trinajstić information content (AvgIpc) is 2.62. The predicted octanol–water partition coefficient (Wildman–Crippen LogP) is 3.98. The number of carbonyl (C=O) groups excluding carboxylic acids is 1. The maximum Gasteiger partial charge on any atom is 0.166 e. The Morgan fingerprint density at radius 3 is 2.35 bits per heavy atom. The lowest BCUT2D eigenvalue weighted by Crippen LogP contribution is -2.36. The van der Waals surface area contributed by atoms with Crippen molar-refractivity contribution in [3.63, 3.8) is 0 Å². The second-order valence-corrected chi connectivity index (χ2v) is 5.98. The van der Waals surface area contributed by atoms with Gasteiger partial charge in [0.2, 0.25) is 0 Å². The zero-order valence-corrected chi connectivity index (χ0v) is 13.5. The van der Waals surface area contributed by atoms with Crippen molar-refractivity contribution >= 4 is 11.5 Å². The summed E-state index contributed by atoms with van der Waals surface area (Å²) in [5.41, 5.74) is 3.01. The first-order valence-corrected chi connectivity index (χ1v) is 8.03. The fraction of sp³-hybridized carbons (Fsp3) is 0.300. The fourth-order valence-corrected chi connectivity index (χ4v) is 3.19. The van der Waals surface area contributed by atoms with Crippen LogP contribution in [0.25, 0.3) is 0 Å². The van der Waals surface area contributed by atoms with E-state index >= 15 is 0 Å². The zero-order chi connectivity index (χ0) is 16.2. The molecule has 1 fully saturated rings. The highest BCUT2D eigenvalue weighted by Gasteiger charge is 2.26. The molecule has 0 unspecified atom stereocenters. The molecule has 0 spiro atoms. The number of methoxy groups -OCH3 is 1. The minimum Gasteiger partial charge on any atom is -0.497 e. The van der Waals surface area contributed by atoms with Gasteiger partial charge in [0.15, 0.2) is 5.78 Å².